The zero-order valence-corrected chi connectivity index (χ0v) is 21.2. The third-order valence-corrected chi connectivity index (χ3v) is 6.22. The minimum absolute atomic E-state index is 0.0233. The predicted molar refractivity (Wildman–Crippen MR) is 135 cm³/mol. The van der Waals surface area contributed by atoms with Gasteiger partial charge in [0, 0.05) is 18.5 Å². The Hall–Kier alpha value is -3.88. The maximum atomic E-state index is 14.9. The maximum Gasteiger partial charge on any atom is 0.573 e. The molecule has 200 valence electrons. The average Bonchev–Trinajstić information content (AvgIpc) is 3.10. The number of hydrogen-bond acceptors (Lipinski definition) is 2. The van der Waals surface area contributed by atoms with Gasteiger partial charge in [-0.2, -0.15) is 4.39 Å². The van der Waals surface area contributed by atoms with Crippen molar-refractivity contribution < 1.29 is 31.5 Å². The number of benzene rings is 3. The molecule has 0 unspecified atom stereocenters. The number of aromatic nitrogens is 1. The molecular weight excluding hydrogens is 503 g/mol. The summed E-state index contributed by atoms with van der Waals surface area (Å²) in [7, 11) is 0. The van der Waals surface area contributed by atoms with Gasteiger partial charge >= 0.3 is 12.4 Å². The molecule has 0 bridgehead atoms. The van der Waals surface area contributed by atoms with Crippen LogP contribution < -0.4 is 4.74 Å². The van der Waals surface area contributed by atoms with Crippen LogP contribution in [0, 0.1) is 11.8 Å². The van der Waals surface area contributed by atoms with E-state index in [0.29, 0.717) is 10.1 Å². The quantitative estimate of drug-likeness (QED) is 0.238. The van der Waals surface area contributed by atoms with Crippen LogP contribution in [-0.4, -0.2) is 28.4 Å². The van der Waals surface area contributed by atoms with Crippen LogP contribution in [0.15, 0.2) is 72.8 Å². The number of amides is 1. The van der Waals surface area contributed by atoms with Crippen molar-refractivity contribution in [2.75, 3.05) is 6.54 Å². The highest BCUT2D eigenvalue weighted by atomic mass is 19.4. The van der Waals surface area contributed by atoms with Crippen LogP contribution in [0.3, 0.4) is 0 Å². The maximum absolute atomic E-state index is 14.9. The molecule has 0 radical (unpaired) electrons. The number of carbonyl (C=O) groups excluding carboxylic acids is 1. The number of halogens is 5. The van der Waals surface area contributed by atoms with Crippen LogP contribution in [0.4, 0.5) is 26.7 Å². The molecule has 4 rings (SSSR count). The van der Waals surface area contributed by atoms with E-state index in [2.05, 4.69) is 25.5 Å². The third-order valence-electron chi connectivity index (χ3n) is 6.22. The Morgan fingerprint density at radius 1 is 0.895 bits per heavy atom. The molecule has 1 amide bonds. The summed E-state index contributed by atoms with van der Waals surface area (Å²) in [5.41, 5.74) is 2.34. The number of para-hydroxylation sites is 1. The Morgan fingerprint density at radius 3 is 2.24 bits per heavy atom. The average molecular weight is 531 g/mol. The van der Waals surface area contributed by atoms with Crippen molar-refractivity contribution in [2.24, 2.45) is 0 Å². The first-order valence-electron chi connectivity index (χ1n) is 12.0. The van der Waals surface area contributed by atoms with E-state index in [0.717, 1.165) is 11.1 Å². The van der Waals surface area contributed by atoms with Crippen molar-refractivity contribution in [3.63, 3.8) is 0 Å². The summed E-state index contributed by atoms with van der Waals surface area (Å²) in [5, 5.41) is -0.0233. The lowest BCUT2D eigenvalue weighted by Crippen LogP contribution is -2.36. The minimum Gasteiger partial charge on any atom is -0.406 e. The summed E-state index contributed by atoms with van der Waals surface area (Å²) < 4.78 is 72.2. The van der Waals surface area contributed by atoms with Crippen LogP contribution in [-0.2, 0) is 18.4 Å². The number of ether oxygens (including phenoxy) is 1. The summed E-state index contributed by atoms with van der Waals surface area (Å²) in [5.74, 6) is -2.81. The van der Waals surface area contributed by atoms with E-state index in [9.17, 15) is 26.7 Å². The van der Waals surface area contributed by atoms with Crippen molar-refractivity contribution in [1.29, 1.82) is 0 Å². The van der Waals surface area contributed by atoms with Gasteiger partial charge in [0.25, 0.3) is 0 Å². The first kappa shape index (κ1) is 27.2. The molecule has 0 spiro atoms. The summed E-state index contributed by atoms with van der Waals surface area (Å²) in [4.78, 5) is 15.0. The lowest BCUT2D eigenvalue weighted by molar-refractivity contribution is -0.274. The summed E-state index contributed by atoms with van der Waals surface area (Å²) in [6.07, 6.45) is -4.68. The third kappa shape index (κ3) is 6.15. The van der Waals surface area contributed by atoms with E-state index in [1.54, 1.807) is 18.2 Å². The van der Waals surface area contributed by atoms with Crippen molar-refractivity contribution in [3.05, 3.63) is 101 Å². The minimum atomic E-state index is -4.84. The standard InChI is InChI=1S/C29H27F5N2O2/c1-28(2,3)21-13-11-20(12-14-21)18-35(16-15-19-7-6-8-22(17-19)38-29(32,33)34)27(37)36-24-10-5-4-9-23(24)25(30)26(36)31/h4-14,17H,15-16,18H2,1-3H3. The summed E-state index contributed by atoms with van der Waals surface area (Å²) in [6.45, 7) is 6.33. The van der Waals surface area contributed by atoms with Crippen molar-refractivity contribution >= 4 is 16.9 Å². The highest BCUT2D eigenvalue weighted by Crippen LogP contribution is 2.27. The van der Waals surface area contributed by atoms with Gasteiger partial charge in [-0.15, -0.1) is 13.2 Å². The van der Waals surface area contributed by atoms with Crippen LogP contribution >= 0.6 is 0 Å². The zero-order valence-electron chi connectivity index (χ0n) is 21.2. The van der Waals surface area contributed by atoms with Gasteiger partial charge < -0.3 is 9.64 Å². The fourth-order valence-electron chi connectivity index (χ4n) is 4.23. The second-order valence-corrected chi connectivity index (χ2v) is 10.1. The Labute approximate surface area is 217 Å². The van der Waals surface area contributed by atoms with Crippen LogP contribution in [0.25, 0.3) is 10.9 Å². The van der Waals surface area contributed by atoms with Gasteiger partial charge in [-0.1, -0.05) is 69.3 Å². The van der Waals surface area contributed by atoms with Gasteiger partial charge in [0.2, 0.25) is 5.95 Å². The van der Waals surface area contributed by atoms with Crippen LogP contribution in [0.1, 0.15) is 37.5 Å². The van der Waals surface area contributed by atoms with Gasteiger partial charge in [0.15, 0.2) is 5.82 Å². The van der Waals surface area contributed by atoms with Gasteiger partial charge in [-0.3, -0.25) is 0 Å². The Kier molecular flexibility index (Phi) is 7.49. The molecule has 0 aliphatic rings. The number of fused-ring (bicyclic) bond motifs is 1. The molecule has 0 saturated carbocycles. The van der Waals surface area contributed by atoms with Crippen LogP contribution in [0.2, 0.25) is 0 Å². The number of nitrogens with zero attached hydrogens (tertiary/aromatic N) is 2. The second-order valence-electron chi connectivity index (χ2n) is 10.1. The normalized spacial score (nSPS) is 12.1. The molecule has 0 saturated heterocycles. The van der Waals surface area contributed by atoms with E-state index in [-0.39, 0.29) is 41.6 Å². The second kappa shape index (κ2) is 10.5. The van der Waals surface area contributed by atoms with Gasteiger partial charge in [0.1, 0.15) is 5.75 Å². The summed E-state index contributed by atoms with van der Waals surface area (Å²) in [6, 6.07) is 18.2. The van der Waals surface area contributed by atoms with Gasteiger partial charge in [-0.05, 0) is 52.8 Å². The molecule has 0 N–H and O–H groups in total. The number of rotatable bonds is 6. The molecular formula is C29H27F5N2O2. The lowest BCUT2D eigenvalue weighted by Gasteiger charge is -2.25. The first-order chi connectivity index (χ1) is 17.8. The van der Waals surface area contributed by atoms with Gasteiger partial charge in [-0.25, -0.2) is 13.8 Å². The first-order valence-corrected chi connectivity index (χ1v) is 12.0. The van der Waals surface area contributed by atoms with Crippen molar-refractivity contribution in [3.8, 4) is 5.75 Å². The SMILES string of the molecule is CC(C)(C)c1ccc(CN(CCc2cccc(OC(F)(F)F)c2)C(=O)n2c(F)c(F)c3ccccc32)cc1. The molecule has 0 fully saturated rings. The van der Waals surface area contributed by atoms with E-state index < -0.39 is 24.2 Å². The molecule has 1 heterocycles. The Morgan fingerprint density at radius 2 is 1.58 bits per heavy atom. The van der Waals surface area contributed by atoms with E-state index in [1.807, 2.05) is 24.3 Å². The van der Waals surface area contributed by atoms with E-state index in [1.165, 1.54) is 35.2 Å². The van der Waals surface area contributed by atoms with E-state index >= 15 is 0 Å². The fraction of sp³-hybridized carbons (Fsp3) is 0.276. The predicted octanol–water partition coefficient (Wildman–Crippen LogP) is 7.83. The zero-order chi connectivity index (χ0) is 27.7. The molecule has 1 aromatic heterocycles. The topological polar surface area (TPSA) is 34.5 Å². The molecule has 0 aliphatic heterocycles. The highest BCUT2D eigenvalue weighted by Gasteiger charge is 2.31. The van der Waals surface area contributed by atoms with Crippen molar-refractivity contribution in [2.45, 2.75) is 45.5 Å². The fourth-order valence-corrected chi connectivity index (χ4v) is 4.23. The number of alkyl halides is 3. The Balaban J connectivity index is 1.65. The lowest BCUT2D eigenvalue weighted by atomic mass is 9.87. The number of hydrogen-bond donors (Lipinski definition) is 0. The molecule has 38 heavy (non-hydrogen) atoms. The van der Waals surface area contributed by atoms with Gasteiger partial charge in [0.05, 0.1) is 5.52 Å². The largest absolute Gasteiger partial charge is 0.573 e. The van der Waals surface area contributed by atoms with Crippen molar-refractivity contribution in [1.82, 2.24) is 9.47 Å². The molecule has 4 aromatic rings. The van der Waals surface area contributed by atoms with E-state index in [4.69, 9.17) is 0 Å². The number of carbonyl (C=O) groups is 1. The molecule has 9 heteroatoms. The molecule has 4 nitrogen and oxygen atoms in total. The molecule has 3 aromatic carbocycles. The molecule has 0 aliphatic carbocycles. The smallest absolute Gasteiger partial charge is 0.406 e. The Bertz CT molecular complexity index is 1440. The molecule has 0 atom stereocenters. The summed E-state index contributed by atoms with van der Waals surface area (Å²) >= 11 is 0. The monoisotopic (exact) mass is 530 g/mol. The highest BCUT2D eigenvalue weighted by molar-refractivity contribution is 5.92. The van der Waals surface area contributed by atoms with Crippen LogP contribution in [0.5, 0.6) is 5.75 Å².